The summed E-state index contributed by atoms with van der Waals surface area (Å²) in [4.78, 5) is 25.8. The third-order valence-electron chi connectivity index (χ3n) is 3.31. The van der Waals surface area contributed by atoms with Crippen LogP contribution in [0.25, 0.3) is 6.08 Å². The molecule has 0 aliphatic carbocycles. The Balaban J connectivity index is 2.53. The lowest BCUT2D eigenvalue weighted by Crippen LogP contribution is -2.39. The standard InChI is InChI=1S/C20H26N2O3/c1-15(2)12-22(13-16(3)4)19(23)14-25-20(24)10-9-17-5-7-18(11-21)8-6-17/h5-10,15-16H,12-14H2,1-4H3/b10-9+. The van der Waals surface area contributed by atoms with E-state index in [2.05, 4.69) is 0 Å². The van der Waals surface area contributed by atoms with Crippen molar-refractivity contribution in [1.29, 1.82) is 5.26 Å². The van der Waals surface area contributed by atoms with Crippen molar-refractivity contribution in [2.45, 2.75) is 27.7 Å². The molecule has 5 nitrogen and oxygen atoms in total. The average Bonchev–Trinajstić information content (AvgIpc) is 2.56. The molecule has 0 radical (unpaired) electrons. The maximum atomic E-state index is 12.3. The van der Waals surface area contributed by atoms with Gasteiger partial charge in [-0.25, -0.2) is 4.79 Å². The van der Waals surface area contributed by atoms with Crippen LogP contribution < -0.4 is 0 Å². The first-order valence-corrected chi connectivity index (χ1v) is 8.44. The van der Waals surface area contributed by atoms with Gasteiger partial charge in [0.1, 0.15) is 0 Å². The van der Waals surface area contributed by atoms with E-state index in [0.29, 0.717) is 30.5 Å². The lowest BCUT2D eigenvalue weighted by atomic mass is 10.1. The van der Waals surface area contributed by atoms with Crippen molar-refractivity contribution >= 4 is 18.0 Å². The summed E-state index contributed by atoms with van der Waals surface area (Å²) < 4.78 is 5.05. The van der Waals surface area contributed by atoms with Gasteiger partial charge in [0, 0.05) is 19.2 Å². The van der Waals surface area contributed by atoms with Gasteiger partial charge >= 0.3 is 5.97 Å². The number of carbonyl (C=O) groups is 2. The van der Waals surface area contributed by atoms with Gasteiger partial charge in [-0.05, 0) is 35.6 Å². The maximum Gasteiger partial charge on any atom is 0.331 e. The molecule has 0 saturated carbocycles. The van der Waals surface area contributed by atoms with E-state index in [9.17, 15) is 9.59 Å². The Hall–Kier alpha value is -2.61. The van der Waals surface area contributed by atoms with E-state index in [4.69, 9.17) is 10.00 Å². The number of benzene rings is 1. The molecular formula is C20H26N2O3. The Morgan fingerprint density at radius 1 is 1.12 bits per heavy atom. The number of carbonyl (C=O) groups excluding carboxylic acids is 2. The molecule has 1 aromatic rings. The monoisotopic (exact) mass is 342 g/mol. The van der Waals surface area contributed by atoms with Crippen molar-refractivity contribution in [3.05, 3.63) is 41.5 Å². The predicted molar refractivity (Wildman–Crippen MR) is 97.4 cm³/mol. The molecule has 1 amide bonds. The molecule has 0 aromatic heterocycles. The molecule has 1 rings (SSSR count). The number of hydrogen-bond acceptors (Lipinski definition) is 4. The molecule has 0 unspecified atom stereocenters. The fourth-order valence-corrected chi connectivity index (χ4v) is 2.27. The zero-order valence-electron chi connectivity index (χ0n) is 15.4. The first-order chi connectivity index (χ1) is 11.8. The van der Waals surface area contributed by atoms with Crippen LogP contribution in [-0.4, -0.2) is 36.5 Å². The third-order valence-corrected chi connectivity index (χ3v) is 3.31. The number of ether oxygens (including phenoxy) is 1. The van der Waals surface area contributed by atoms with E-state index in [1.165, 1.54) is 6.08 Å². The minimum absolute atomic E-state index is 0.178. The van der Waals surface area contributed by atoms with Crippen molar-refractivity contribution in [3.8, 4) is 6.07 Å². The summed E-state index contributed by atoms with van der Waals surface area (Å²) in [6, 6.07) is 8.85. The second-order valence-electron chi connectivity index (χ2n) is 6.76. The number of hydrogen-bond donors (Lipinski definition) is 0. The highest BCUT2D eigenvalue weighted by atomic mass is 16.5. The van der Waals surface area contributed by atoms with Gasteiger partial charge in [0.15, 0.2) is 6.61 Å². The molecule has 0 aliphatic heterocycles. The summed E-state index contributed by atoms with van der Waals surface area (Å²) in [6.45, 7) is 9.24. The highest BCUT2D eigenvalue weighted by molar-refractivity contribution is 5.89. The molecule has 0 atom stereocenters. The predicted octanol–water partition coefficient (Wildman–Crippen LogP) is 3.26. The molecule has 0 spiro atoms. The molecule has 0 N–H and O–H groups in total. The van der Waals surface area contributed by atoms with Crippen LogP contribution in [-0.2, 0) is 14.3 Å². The van der Waals surface area contributed by atoms with Gasteiger partial charge in [0.2, 0.25) is 0 Å². The second-order valence-corrected chi connectivity index (χ2v) is 6.76. The molecular weight excluding hydrogens is 316 g/mol. The lowest BCUT2D eigenvalue weighted by molar-refractivity contribution is -0.148. The minimum atomic E-state index is -0.563. The molecule has 0 aliphatic rings. The third kappa shape index (κ3) is 8.16. The Labute approximate surface area is 149 Å². The number of esters is 1. The summed E-state index contributed by atoms with van der Waals surface area (Å²) in [5, 5.41) is 8.74. The van der Waals surface area contributed by atoms with E-state index < -0.39 is 5.97 Å². The van der Waals surface area contributed by atoms with Crippen LogP contribution in [0.1, 0.15) is 38.8 Å². The summed E-state index contributed by atoms with van der Waals surface area (Å²) in [7, 11) is 0. The summed E-state index contributed by atoms with van der Waals surface area (Å²) in [5.41, 5.74) is 1.34. The lowest BCUT2D eigenvalue weighted by Gasteiger charge is -2.26. The number of amides is 1. The minimum Gasteiger partial charge on any atom is -0.452 e. The maximum absolute atomic E-state index is 12.3. The average molecular weight is 342 g/mol. The molecule has 1 aromatic carbocycles. The van der Waals surface area contributed by atoms with Crippen LogP contribution in [0.2, 0.25) is 0 Å². The fourth-order valence-electron chi connectivity index (χ4n) is 2.27. The molecule has 5 heteroatoms. The van der Waals surface area contributed by atoms with Gasteiger partial charge in [0.25, 0.3) is 5.91 Å². The van der Waals surface area contributed by atoms with Crippen LogP contribution in [0.3, 0.4) is 0 Å². The van der Waals surface area contributed by atoms with Gasteiger partial charge < -0.3 is 9.64 Å². The number of rotatable bonds is 8. The van der Waals surface area contributed by atoms with Crippen molar-refractivity contribution in [2.24, 2.45) is 11.8 Å². The van der Waals surface area contributed by atoms with E-state index in [0.717, 1.165) is 5.56 Å². The van der Waals surface area contributed by atoms with Gasteiger partial charge in [-0.15, -0.1) is 0 Å². The van der Waals surface area contributed by atoms with Gasteiger partial charge in [0.05, 0.1) is 11.6 Å². The summed E-state index contributed by atoms with van der Waals surface area (Å²) >= 11 is 0. The Morgan fingerprint density at radius 3 is 2.16 bits per heavy atom. The smallest absolute Gasteiger partial charge is 0.331 e. The zero-order valence-corrected chi connectivity index (χ0v) is 15.4. The van der Waals surface area contributed by atoms with Crippen molar-refractivity contribution in [3.63, 3.8) is 0 Å². The van der Waals surface area contributed by atoms with Crippen LogP contribution in [0.4, 0.5) is 0 Å². The van der Waals surface area contributed by atoms with Crippen LogP contribution in [0, 0.1) is 23.2 Å². The molecule has 0 bridgehead atoms. The zero-order chi connectivity index (χ0) is 18.8. The molecule has 134 valence electrons. The summed E-state index contributed by atoms with van der Waals surface area (Å²) in [5.74, 6) is -0.0290. The van der Waals surface area contributed by atoms with Crippen molar-refractivity contribution in [2.75, 3.05) is 19.7 Å². The normalized spacial score (nSPS) is 10.9. The van der Waals surface area contributed by atoms with E-state index in [1.54, 1.807) is 35.2 Å². The fraction of sp³-hybridized carbons (Fsp3) is 0.450. The van der Waals surface area contributed by atoms with Gasteiger partial charge in [-0.1, -0.05) is 39.8 Å². The topological polar surface area (TPSA) is 70.4 Å². The van der Waals surface area contributed by atoms with E-state index in [-0.39, 0.29) is 12.5 Å². The molecule has 0 fully saturated rings. The van der Waals surface area contributed by atoms with Crippen molar-refractivity contribution < 1.29 is 14.3 Å². The molecule has 0 heterocycles. The molecule has 25 heavy (non-hydrogen) atoms. The highest BCUT2D eigenvalue weighted by Crippen LogP contribution is 2.07. The number of nitrogens with zero attached hydrogens (tertiary/aromatic N) is 2. The Bertz CT molecular complexity index is 630. The van der Waals surface area contributed by atoms with Crippen LogP contribution >= 0.6 is 0 Å². The summed E-state index contributed by atoms with van der Waals surface area (Å²) in [6.07, 6.45) is 2.87. The van der Waals surface area contributed by atoms with Crippen LogP contribution in [0.5, 0.6) is 0 Å². The van der Waals surface area contributed by atoms with E-state index in [1.807, 2.05) is 33.8 Å². The van der Waals surface area contributed by atoms with Gasteiger partial charge in [-0.2, -0.15) is 5.26 Å². The first-order valence-electron chi connectivity index (χ1n) is 8.44. The number of nitriles is 1. The molecule has 0 saturated heterocycles. The Kier molecular flexibility index (Phi) is 8.42. The first kappa shape index (κ1) is 20.4. The SMILES string of the molecule is CC(C)CN(CC(C)C)C(=O)COC(=O)/C=C/c1ccc(C#N)cc1. The van der Waals surface area contributed by atoms with E-state index >= 15 is 0 Å². The highest BCUT2D eigenvalue weighted by Gasteiger charge is 2.17. The second kappa shape index (κ2) is 10.3. The van der Waals surface area contributed by atoms with Gasteiger partial charge in [-0.3, -0.25) is 4.79 Å². The Morgan fingerprint density at radius 2 is 1.68 bits per heavy atom. The van der Waals surface area contributed by atoms with Crippen molar-refractivity contribution in [1.82, 2.24) is 4.90 Å². The largest absolute Gasteiger partial charge is 0.452 e. The quantitative estimate of drug-likeness (QED) is 0.537. The van der Waals surface area contributed by atoms with Crippen LogP contribution in [0.15, 0.2) is 30.3 Å².